The molecule has 0 fully saturated rings. The molecule has 0 spiro atoms. The Kier molecular flexibility index (Phi) is 3.12. The maximum Gasteiger partial charge on any atom is 0.259 e. The number of carbonyl (C=O) groups excluding carboxylic acids is 1. The van der Waals surface area contributed by atoms with E-state index in [9.17, 15) is 4.79 Å². The highest BCUT2D eigenvalue weighted by molar-refractivity contribution is 6.33. The Hall–Kier alpha value is -2.40. The van der Waals surface area contributed by atoms with Crippen LogP contribution in [0.25, 0.3) is 5.52 Å². The summed E-state index contributed by atoms with van der Waals surface area (Å²) in [5.74, 6) is -0.260. The number of pyridine rings is 2. The number of hydrogen-bond donors (Lipinski definition) is 1. The van der Waals surface area contributed by atoms with Gasteiger partial charge in [-0.25, -0.2) is 9.50 Å². The molecular formula is C14H11ClN4O. The lowest BCUT2D eigenvalue weighted by Gasteiger charge is -2.08. The number of nitrogens with zero attached hydrogens (tertiary/aromatic N) is 3. The third-order valence-corrected chi connectivity index (χ3v) is 3.31. The molecule has 3 aromatic rings. The lowest BCUT2D eigenvalue weighted by molar-refractivity contribution is 0.102. The minimum absolute atomic E-state index is 0.260. The van der Waals surface area contributed by atoms with Gasteiger partial charge in [-0.05, 0) is 30.7 Å². The van der Waals surface area contributed by atoms with Crippen LogP contribution in [0.4, 0.5) is 5.69 Å². The average molecular weight is 287 g/mol. The molecule has 0 unspecified atom stereocenters. The monoisotopic (exact) mass is 286 g/mol. The number of fused-ring (bicyclic) bond motifs is 1. The number of halogens is 1. The summed E-state index contributed by atoms with van der Waals surface area (Å²) in [4.78, 5) is 16.3. The number of carbonyl (C=O) groups is 1. The first kappa shape index (κ1) is 12.6. The van der Waals surface area contributed by atoms with E-state index in [0.717, 1.165) is 11.1 Å². The lowest BCUT2D eigenvalue weighted by Crippen LogP contribution is -2.13. The van der Waals surface area contributed by atoms with Crippen LogP contribution in [0.1, 0.15) is 15.9 Å². The second-order valence-corrected chi connectivity index (χ2v) is 4.69. The van der Waals surface area contributed by atoms with Gasteiger partial charge >= 0.3 is 0 Å². The van der Waals surface area contributed by atoms with Crippen LogP contribution in [0.2, 0.25) is 5.15 Å². The number of hydrogen-bond acceptors (Lipinski definition) is 3. The molecule has 3 heterocycles. The summed E-state index contributed by atoms with van der Waals surface area (Å²) in [6.07, 6.45) is 4.92. The summed E-state index contributed by atoms with van der Waals surface area (Å²) in [7, 11) is 0. The molecule has 5 nitrogen and oxygen atoms in total. The van der Waals surface area contributed by atoms with Gasteiger partial charge in [-0.2, -0.15) is 5.10 Å². The second-order valence-electron chi connectivity index (χ2n) is 4.34. The largest absolute Gasteiger partial charge is 0.319 e. The Bertz CT molecular complexity index is 776. The van der Waals surface area contributed by atoms with Gasteiger partial charge in [-0.3, -0.25) is 4.79 Å². The van der Waals surface area contributed by atoms with Crippen LogP contribution >= 0.6 is 11.6 Å². The van der Waals surface area contributed by atoms with Crippen LogP contribution in [0.3, 0.4) is 0 Å². The van der Waals surface area contributed by atoms with Gasteiger partial charge < -0.3 is 5.32 Å². The zero-order valence-corrected chi connectivity index (χ0v) is 11.4. The molecular weight excluding hydrogens is 276 g/mol. The first-order chi connectivity index (χ1) is 9.66. The van der Waals surface area contributed by atoms with E-state index in [0.29, 0.717) is 11.3 Å². The summed E-state index contributed by atoms with van der Waals surface area (Å²) in [6.45, 7) is 1.86. The van der Waals surface area contributed by atoms with E-state index >= 15 is 0 Å². The van der Waals surface area contributed by atoms with E-state index in [4.69, 9.17) is 11.6 Å². The van der Waals surface area contributed by atoms with E-state index in [2.05, 4.69) is 15.4 Å². The average Bonchev–Trinajstić information content (AvgIpc) is 2.87. The Morgan fingerprint density at radius 3 is 3.00 bits per heavy atom. The topological polar surface area (TPSA) is 59.3 Å². The van der Waals surface area contributed by atoms with E-state index in [1.54, 1.807) is 23.0 Å². The highest BCUT2D eigenvalue weighted by atomic mass is 35.5. The van der Waals surface area contributed by atoms with Gasteiger partial charge in [-0.1, -0.05) is 17.7 Å². The Labute approximate surface area is 120 Å². The van der Waals surface area contributed by atoms with Crippen molar-refractivity contribution in [1.29, 1.82) is 0 Å². The predicted molar refractivity (Wildman–Crippen MR) is 77.1 cm³/mol. The Morgan fingerprint density at radius 2 is 2.20 bits per heavy atom. The first-order valence-corrected chi connectivity index (χ1v) is 6.39. The number of nitrogens with one attached hydrogen (secondary N) is 1. The van der Waals surface area contributed by atoms with Gasteiger partial charge in [-0.15, -0.1) is 0 Å². The summed E-state index contributed by atoms with van der Waals surface area (Å²) in [6, 6.07) is 7.33. The molecule has 0 aromatic carbocycles. The summed E-state index contributed by atoms with van der Waals surface area (Å²) < 4.78 is 1.65. The van der Waals surface area contributed by atoms with Crippen LogP contribution in [0.5, 0.6) is 0 Å². The standard InChI is InChI=1S/C14H11ClN4O/c1-9-5-6-16-13(15)12(9)18-14(20)10-8-17-19-7-3-2-4-11(10)19/h2-8H,1H3,(H,18,20). The zero-order chi connectivity index (χ0) is 14.1. The highest BCUT2D eigenvalue weighted by Gasteiger charge is 2.15. The van der Waals surface area contributed by atoms with Crippen LogP contribution in [-0.4, -0.2) is 20.5 Å². The molecule has 3 rings (SSSR count). The Balaban J connectivity index is 1.98. The zero-order valence-electron chi connectivity index (χ0n) is 10.7. The summed E-state index contributed by atoms with van der Waals surface area (Å²) >= 11 is 6.01. The van der Waals surface area contributed by atoms with E-state index in [1.165, 1.54) is 6.20 Å². The SMILES string of the molecule is Cc1ccnc(Cl)c1NC(=O)c1cnn2ccccc12. The molecule has 1 N–H and O–H groups in total. The number of aryl methyl sites for hydroxylation is 1. The summed E-state index contributed by atoms with van der Waals surface area (Å²) in [5, 5.41) is 7.19. The molecule has 0 atom stereocenters. The maximum absolute atomic E-state index is 12.3. The van der Waals surface area contributed by atoms with Crippen LogP contribution in [0, 0.1) is 6.92 Å². The van der Waals surface area contributed by atoms with Crippen LogP contribution in [-0.2, 0) is 0 Å². The molecule has 0 saturated heterocycles. The van der Waals surface area contributed by atoms with Gasteiger partial charge in [0.1, 0.15) is 0 Å². The minimum atomic E-state index is -0.260. The molecule has 6 heteroatoms. The fraction of sp³-hybridized carbons (Fsp3) is 0.0714. The molecule has 100 valence electrons. The van der Waals surface area contributed by atoms with E-state index in [1.807, 2.05) is 25.1 Å². The van der Waals surface area contributed by atoms with Gasteiger partial charge in [0.05, 0.1) is 23.0 Å². The molecule has 0 radical (unpaired) electrons. The first-order valence-electron chi connectivity index (χ1n) is 6.01. The normalized spacial score (nSPS) is 10.7. The van der Waals surface area contributed by atoms with Crippen molar-refractivity contribution >= 4 is 28.7 Å². The van der Waals surface area contributed by atoms with Crippen molar-refractivity contribution in [1.82, 2.24) is 14.6 Å². The van der Waals surface area contributed by atoms with E-state index < -0.39 is 0 Å². The molecule has 20 heavy (non-hydrogen) atoms. The van der Waals surface area contributed by atoms with Crippen molar-refractivity contribution in [2.75, 3.05) is 5.32 Å². The highest BCUT2D eigenvalue weighted by Crippen LogP contribution is 2.24. The van der Waals surface area contributed by atoms with Gasteiger partial charge in [0.2, 0.25) is 0 Å². The molecule has 0 aliphatic rings. The second kappa shape index (κ2) is 4.94. The van der Waals surface area contributed by atoms with Crippen molar-refractivity contribution in [3.05, 3.63) is 59.1 Å². The fourth-order valence-electron chi connectivity index (χ4n) is 1.97. The van der Waals surface area contributed by atoms with Crippen molar-refractivity contribution in [2.45, 2.75) is 6.92 Å². The minimum Gasteiger partial charge on any atom is -0.319 e. The van der Waals surface area contributed by atoms with Gasteiger partial charge in [0.15, 0.2) is 5.15 Å². The molecule has 0 aliphatic carbocycles. The van der Waals surface area contributed by atoms with Crippen LogP contribution in [0.15, 0.2) is 42.9 Å². The number of amides is 1. The fourth-order valence-corrected chi connectivity index (χ4v) is 2.22. The Morgan fingerprint density at radius 1 is 1.35 bits per heavy atom. The molecule has 0 saturated carbocycles. The summed E-state index contributed by atoms with van der Waals surface area (Å²) in [5.41, 5.74) is 2.61. The van der Waals surface area contributed by atoms with Crippen LogP contribution < -0.4 is 5.32 Å². The number of anilines is 1. The maximum atomic E-state index is 12.3. The van der Waals surface area contributed by atoms with Crippen molar-refractivity contribution in [3.8, 4) is 0 Å². The lowest BCUT2D eigenvalue weighted by atomic mass is 10.2. The molecule has 0 bridgehead atoms. The third kappa shape index (κ3) is 2.12. The molecule has 3 aromatic heterocycles. The third-order valence-electron chi connectivity index (χ3n) is 3.02. The van der Waals surface area contributed by atoms with Gasteiger partial charge in [0, 0.05) is 12.4 Å². The van der Waals surface area contributed by atoms with Gasteiger partial charge in [0.25, 0.3) is 5.91 Å². The molecule has 0 aliphatic heterocycles. The smallest absolute Gasteiger partial charge is 0.259 e. The predicted octanol–water partition coefficient (Wildman–Crippen LogP) is 2.94. The molecule has 1 amide bonds. The van der Waals surface area contributed by atoms with Crippen molar-refractivity contribution in [3.63, 3.8) is 0 Å². The number of rotatable bonds is 2. The van der Waals surface area contributed by atoms with E-state index in [-0.39, 0.29) is 11.1 Å². The number of aromatic nitrogens is 3. The van der Waals surface area contributed by atoms with Crippen molar-refractivity contribution in [2.24, 2.45) is 0 Å². The quantitative estimate of drug-likeness (QED) is 0.737. The van der Waals surface area contributed by atoms with Crippen molar-refractivity contribution < 1.29 is 4.79 Å².